The molecule has 0 spiro atoms. The van der Waals surface area contributed by atoms with Crippen molar-refractivity contribution in [1.29, 1.82) is 0 Å². The summed E-state index contributed by atoms with van der Waals surface area (Å²) in [6.07, 6.45) is 0.728. The van der Waals surface area contributed by atoms with Crippen LogP contribution < -0.4 is 5.32 Å². The van der Waals surface area contributed by atoms with Crippen molar-refractivity contribution >= 4 is 34.8 Å². The first-order valence-corrected chi connectivity index (χ1v) is 7.67. The zero-order valence-corrected chi connectivity index (χ0v) is 12.6. The molecule has 0 aliphatic carbocycles. The number of amides is 1. The summed E-state index contributed by atoms with van der Waals surface area (Å²) in [6.45, 7) is 5.71. The highest BCUT2D eigenvalue weighted by molar-refractivity contribution is 8.02. The Morgan fingerprint density at radius 1 is 1.58 bits per heavy atom. The number of hydrogen-bond acceptors (Lipinski definition) is 6. The number of carbonyl (C=O) groups excluding carboxylic acids is 1. The lowest BCUT2D eigenvalue weighted by molar-refractivity contribution is -0.115. The molecule has 0 bridgehead atoms. The Hall–Kier alpha value is -1.34. The molecule has 19 heavy (non-hydrogen) atoms. The third-order valence-electron chi connectivity index (χ3n) is 2.38. The van der Waals surface area contributed by atoms with Crippen LogP contribution in [0.1, 0.15) is 24.8 Å². The largest absolute Gasteiger partial charge is 0.360 e. The molecule has 7 heteroatoms. The van der Waals surface area contributed by atoms with E-state index in [1.165, 1.54) is 11.8 Å². The predicted molar refractivity (Wildman–Crippen MR) is 76.7 cm³/mol. The van der Waals surface area contributed by atoms with Gasteiger partial charge in [0, 0.05) is 17.1 Å². The van der Waals surface area contributed by atoms with E-state index in [0.29, 0.717) is 11.6 Å². The van der Waals surface area contributed by atoms with Crippen molar-refractivity contribution in [2.45, 2.75) is 36.8 Å². The number of hydrogen-bond donors (Lipinski definition) is 1. The van der Waals surface area contributed by atoms with Crippen molar-refractivity contribution < 1.29 is 9.32 Å². The minimum Gasteiger partial charge on any atom is -0.360 e. The monoisotopic (exact) mass is 297 g/mol. The molecule has 1 unspecified atom stereocenters. The van der Waals surface area contributed by atoms with E-state index in [1.54, 1.807) is 24.3 Å². The van der Waals surface area contributed by atoms with Crippen LogP contribution >= 0.6 is 23.1 Å². The Balaban J connectivity index is 1.98. The van der Waals surface area contributed by atoms with E-state index >= 15 is 0 Å². The number of nitrogens with one attached hydrogen (secondary N) is 1. The van der Waals surface area contributed by atoms with E-state index in [-0.39, 0.29) is 11.2 Å². The number of thiazole rings is 1. The van der Waals surface area contributed by atoms with Gasteiger partial charge in [0.15, 0.2) is 10.2 Å². The second kappa shape index (κ2) is 6.21. The standard InChI is InChI=1S/C12H15N3O2S2/c1-4-9(19-12-13-7(2)6-18-12)11(16)14-10-5-8(3)17-15-10/h5-6,9H,4H2,1-3H3,(H,14,15,16). The summed E-state index contributed by atoms with van der Waals surface area (Å²) in [5.41, 5.74) is 0.981. The van der Waals surface area contributed by atoms with Crippen LogP contribution in [0, 0.1) is 13.8 Å². The Bertz CT molecular complexity index is 565. The van der Waals surface area contributed by atoms with E-state index in [2.05, 4.69) is 15.5 Å². The molecule has 0 aromatic carbocycles. The number of aromatic nitrogens is 2. The van der Waals surface area contributed by atoms with Crippen LogP contribution in [0.3, 0.4) is 0 Å². The molecule has 2 rings (SSSR count). The maximum absolute atomic E-state index is 12.1. The molecule has 1 amide bonds. The minimum atomic E-state index is -0.178. The molecule has 2 heterocycles. The smallest absolute Gasteiger partial charge is 0.239 e. The molecule has 0 fully saturated rings. The van der Waals surface area contributed by atoms with Gasteiger partial charge in [0.1, 0.15) is 5.76 Å². The number of aryl methyl sites for hydroxylation is 2. The fraction of sp³-hybridized carbons (Fsp3) is 0.417. The molecule has 0 saturated heterocycles. The van der Waals surface area contributed by atoms with Gasteiger partial charge in [0.2, 0.25) is 5.91 Å². The van der Waals surface area contributed by atoms with E-state index < -0.39 is 0 Å². The number of rotatable bonds is 5. The highest BCUT2D eigenvalue weighted by Crippen LogP contribution is 2.29. The summed E-state index contributed by atoms with van der Waals surface area (Å²) < 4.78 is 5.83. The SMILES string of the molecule is CCC(Sc1nc(C)cs1)C(=O)Nc1cc(C)on1. The molecule has 2 aromatic heterocycles. The van der Waals surface area contributed by atoms with Gasteiger partial charge in [0.05, 0.1) is 5.25 Å². The number of carbonyl (C=O) groups is 1. The zero-order valence-electron chi connectivity index (χ0n) is 11.0. The lowest BCUT2D eigenvalue weighted by atomic mass is 10.3. The van der Waals surface area contributed by atoms with E-state index in [4.69, 9.17) is 4.52 Å². The molecule has 0 saturated carbocycles. The lowest BCUT2D eigenvalue weighted by Crippen LogP contribution is -2.24. The van der Waals surface area contributed by atoms with Crippen LogP contribution in [0.5, 0.6) is 0 Å². The molecular formula is C12H15N3O2S2. The minimum absolute atomic E-state index is 0.0753. The number of nitrogens with zero attached hydrogens (tertiary/aromatic N) is 2. The van der Waals surface area contributed by atoms with Gasteiger partial charge in [-0.05, 0) is 20.3 Å². The molecule has 1 N–H and O–H groups in total. The Labute approximate surface area is 119 Å². The normalized spacial score (nSPS) is 12.4. The summed E-state index contributed by atoms with van der Waals surface area (Å²) in [5.74, 6) is 1.05. The van der Waals surface area contributed by atoms with Crippen molar-refractivity contribution in [3.05, 3.63) is 22.9 Å². The summed E-state index contributed by atoms with van der Waals surface area (Å²) >= 11 is 3.04. The van der Waals surface area contributed by atoms with Gasteiger partial charge in [-0.2, -0.15) is 0 Å². The molecule has 0 aliphatic rings. The van der Waals surface area contributed by atoms with Gasteiger partial charge in [0.25, 0.3) is 0 Å². The van der Waals surface area contributed by atoms with Crippen molar-refractivity contribution in [1.82, 2.24) is 10.1 Å². The van der Waals surface area contributed by atoms with Gasteiger partial charge >= 0.3 is 0 Å². The molecule has 0 radical (unpaired) electrons. The molecule has 1 atom stereocenters. The predicted octanol–water partition coefficient (Wildman–Crippen LogP) is 3.26. The zero-order chi connectivity index (χ0) is 13.8. The van der Waals surface area contributed by atoms with Crippen molar-refractivity contribution in [2.24, 2.45) is 0 Å². The fourth-order valence-electron chi connectivity index (χ4n) is 1.46. The maximum Gasteiger partial charge on any atom is 0.239 e. The average molecular weight is 297 g/mol. The first kappa shape index (κ1) is 14.1. The second-order valence-corrected chi connectivity index (χ2v) is 6.39. The van der Waals surface area contributed by atoms with Gasteiger partial charge in [-0.1, -0.05) is 23.8 Å². The van der Waals surface area contributed by atoms with Crippen molar-refractivity contribution in [3.8, 4) is 0 Å². The maximum atomic E-state index is 12.1. The topological polar surface area (TPSA) is 68.0 Å². The Morgan fingerprint density at radius 2 is 2.37 bits per heavy atom. The van der Waals surface area contributed by atoms with Crippen LogP contribution in [0.2, 0.25) is 0 Å². The molecular weight excluding hydrogens is 282 g/mol. The van der Waals surface area contributed by atoms with Crippen LogP contribution in [0.15, 0.2) is 20.3 Å². The molecule has 5 nitrogen and oxygen atoms in total. The van der Waals surface area contributed by atoms with Gasteiger partial charge < -0.3 is 9.84 Å². The lowest BCUT2D eigenvalue weighted by Gasteiger charge is -2.11. The summed E-state index contributed by atoms with van der Waals surface area (Å²) in [6, 6.07) is 1.70. The third-order valence-corrected chi connectivity index (χ3v) is 4.84. The van der Waals surface area contributed by atoms with Crippen LogP contribution in [-0.2, 0) is 4.79 Å². The van der Waals surface area contributed by atoms with E-state index in [1.807, 2.05) is 19.2 Å². The summed E-state index contributed by atoms with van der Waals surface area (Å²) in [7, 11) is 0. The molecule has 102 valence electrons. The first-order valence-electron chi connectivity index (χ1n) is 5.91. The Morgan fingerprint density at radius 3 is 2.89 bits per heavy atom. The van der Waals surface area contributed by atoms with Crippen molar-refractivity contribution in [3.63, 3.8) is 0 Å². The Kier molecular flexibility index (Phi) is 4.60. The quantitative estimate of drug-likeness (QED) is 0.858. The number of anilines is 1. The summed E-state index contributed by atoms with van der Waals surface area (Å²) in [4.78, 5) is 16.5. The van der Waals surface area contributed by atoms with E-state index in [9.17, 15) is 4.79 Å². The summed E-state index contributed by atoms with van der Waals surface area (Å²) in [5, 5.41) is 8.31. The third kappa shape index (κ3) is 3.81. The van der Waals surface area contributed by atoms with Gasteiger partial charge in [-0.3, -0.25) is 4.79 Å². The van der Waals surface area contributed by atoms with Crippen LogP contribution in [-0.4, -0.2) is 21.3 Å². The van der Waals surface area contributed by atoms with E-state index in [0.717, 1.165) is 16.5 Å². The number of thioether (sulfide) groups is 1. The molecule has 2 aromatic rings. The second-order valence-electron chi connectivity index (χ2n) is 4.08. The van der Waals surface area contributed by atoms with Crippen LogP contribution in [0.4, 0.5) is 5.82 Å². The van der Waals surface area contributed by atoms with Gasteiger partial charge in [-0.15, -0.1) is 11.3 Å². The van der Waals surface area contributed by atoms with Gasteiger partial charge in [-0.25, -0.2) is 4.98 Å². The van der Waals surface area contributed by atoms with Crippen LogP contribution in [0.25, 0.3) is 0 Å². The molecule has 0 aliphatic heterocycles. The fourth-order valence-corrected chi connectivity index (χ4v) is 3.47. The van der Waals surface area contributed by atoms with Crippen molar-refractivity contribution in [2.75, 3.05) is 5.32 Å². The highest BCUT2D eigenvalue weighted by Gasteiger charge is 2.20. The average Bonchev–Trinajstić information content (AvgIpc) is 2.95. The highest BCUT2D eigenvalue weighted by atomic mass is 32.2. The first-order chi connectivity index (χ1) is 9.08.